The second-order valence-corrected chi connectivity index (χ2v) is 4.66. The summed E-state index contributed by atoms with van der Waals surface area (Å²) >= 11 is 0. The Morgan fingerprint density at radius 3 is 2.36 bits per heavy atom. The minimum atomic E-state index is -2.46. The number of alkyl halides is 2. The van der Waals surface area contributed by atoms with Crippen molar-refractivity contribution in [2.45, 2.75) is 56.9 Å². The Kier molecular flexibility index (Phi) is 3.05. The van der Waals surface area contributed by atoms with Crippen molar-refractivity contribution in [3.05, 3.63) is 0 Å². The summed E-state index contributed by atoms with van der Waals surface area (Å²) in [5.41, 5.74) is 0. The monoisotopic (exact) mass is 203 g/mol. The molecule has 1 atom stereocenters. The van der Waals surface area contributed by atoms with Gasteiger partial charge >= 0.3 is 0 Å². The lowest BCUT2D eigenvalue weighted by Crippen LogP contribution is -2.50. The summed E-state index contributed by atoms with van der Waals surface area (Å²) in [6.45, 7) is 0.771. The minimum Gasteiger partial charge on any atom is -0.309 e. The van der Waals surface area contributed by atoms with Crippen molar-refractivity contribution in [2.24, 2.45) is 5.92 Å². The Bertz CT molecular complexity index is 182. The number of nitrogens with one attached hydrogen (secondary N) is 1. The van der Waals surface area contributed by atoms with Crippen LogP contribution in [0, 0.1) is 5.92 Å². The maximum absolute atomic E-state index is 13.9. The van der Waals surface area contributed by atoms with Gasteiger partial charge in [-0.1, -0.05) is 19.3 Å². The second-order valence-electron chi connectivity index (χ2n) is 4.66. The first-order valence-corrected chi connectivity index (χ1v) is 5.82. The first-order valence-electron chi connectivity index (χ1n) is 5.82. The fraction of sp³-hybridized carbons (Fsp3) is 1.00. The van der Waals surface area contributed by atoms with Gasteiger partial charge < -0.3 is 5.32 Å². The maximum atomic E-state index is 13.9. The molecule has 3 heteroatoms. The maximum Gasteiger partial charge on any atom is 0.265 e. The van der Waals surface area contributed by atoms with Crippen molar-refractivity contribution in [2.75, 3.05) is 6.54 Å². The van der Waals surface area contributed by atoms with Crippen LogP contribution in [-0.4, -0.2) is 18.5 Å². The summed E-state index contributed by atoms with van der Waals surface area (Å²) in [6, 6.07) is -0.546. The van der Waals surface area contributed by atoms with Crippen molar-refractivity contribution in [3.63, 3.8) is 0 Å². The molecule has 1 nitrogen and oxygen atoms in total. The zero-order valence-corrected chi connectivity index (χ0v) is 8.57. The molecule has 0 amide bonds. The van der Waals surface area contributed by atoms with Crippen LogP contribution >= 0.6 is 0 Å². The zero-order chi connectivity index (χ0) is 10.0. The molecule has 0 aromatic rings. The summed E-state index contributed by atoms with van der Waals surface area (Å²) in [4.78, 5) is 0. The van der Waals surface area contributed by atoms with Crippen molar-refractivity contribution >= 4 is 0 Å². The first kappa shape index (κ1) is 10.3. The largest absolute Gasteiger partial charge is 0.309 e. The highest BCUT2D eigenvalue weighted by Gasteiger charge is 2.48. The molecule has 0 aromatic heterocycles. The van der Waals surface area contributed by atoms with Gasteiger partial charge in [-0.3, -0.25) is 0 Å². The molecule has 0 spiro atoms. The van der Waals surface area contributed by atoms with E-state index in [9.17, 15) is 8.78 Å². The Morgan fingerprint density at radius 2 is 1.71 bits per heavy atom. The van der Waals surface area contributed by atoms with E-state index in [1.807, 2.05) is 0 Å². The van der Waals surface area contributed by atoms with Crippen LogP contribution in [0.2, 0.25) is 0 Å². The Hall–Kier alpha value is -0.180. The topological polar surface area (TPSA) is 12.0 Å². The van der Waals surface area contributed by atoms with Crippen LogP contribution < -0.4 is 5.32 Å². The summed E-state index contributed by atoms with van der Waals surface area (Å²) in [6.07, 6.45) is 6.22. The van der Waals surface area contributed by atoms with Crippen molar-refractivity contribution in [1.29, 1.82) is 0 Å². The molecular weight excluding hydrogens is 184 g/mol. The molecule has 1 saturated carbocycles. The van der Waals surface area contributed by atoms with Gasteiger partial charge in [0.2, 0.25) is 0 Å². The Balaban J connectivity index is 1.95. The highest BCUT2D eigenvalue weighted by Crippen LogP contribution is 2.43. The van der Waals surface area contributed by atoms with Crippen molar-refractivity contribution in [1.82, 2.24) is 5.32 Å². The van der Waals surface area contributed by atoms with Gasteiger partial charge in [-0.05, 0) is 32.2 Å². The lowest BCUT2D eigenvalue weighted by molar-refractivity contribution is -0.115. The van der Waals surface area contributed by atoms with Gasteiger partial charge in [0.15, 0.2) is 0 Å². The molecule has 82 valence electrons. The molecule has 2 aliphatic rings. The van der Waals surface area contributed by atoms with Crippen LogP contribution in [0.1, 0.15) is 44.9 Å². The van der Waals surface area contributed by atoms with E-state index < -0.39 is 12.0 Å². The minimum absolute atomic E-state index is 0.335. The fourth-order valence-corrected chi connectivity index (χ4v) is 2.43. The highest BCUT2D eigenvalue weighted by molar-refractivity contribution is 4.93. The molecule has 0 aromatic carbocycles. The predicted molar refractivity (Wildman–Crippen MR) is 52.5 cm³/mol. The van der Waals surface area contributed by atoms with Gasteiger partial charge in [0, 0.05) is 5.92 Å². The number of rotatable bonds is 2. The third-order valence-electron chi connectivity index (χ3n) is 3.67. The number of halogens is 2. The van der Waals surface area contributed by atoms with Gasteiger partial charge in [0.1, 0.15) is 0 Å². The van der Waals surface area contributed by atoms with E-state index in [2.05, 4.69) is 5.32 Å². The molecule has 0 bridgehead atoms. The van der Waals surface area contributed by atoms with Crippen molar-refractivity contribution in [3.8, 4) is 0 Å². The lowest BCUT2D eigenvalue weighted by Gasteiger charge is -2.38. The van der Waals surface area contributed by atoms with Gasteiger partial charge in [-0.15, -0.1) is 0 Å². The van der Waals surface area contributed by atoms with Crippen LogP contribution in [0.25, 0.3) is 0 Å². The molecule has 1 heterocycles. The van der Waals surface area contributed by atoms with Crippen LogP contribution in [0.3, 0.4) is 0 Å². The van der Waals surface area contributed by atoms with E-state index >= 15 is 0 Å². The predicted octanol–water partition coefficient (Wildman–Crippen LogP) is 2.95. The van der Waals surface area contributed by atoms with Crippen LogP contribution in [0.5, 0.6) is 0 Å². The molecule has 1 aliphatic carbocycles. The third-order valence-corrected chi connectivity index (χ3v) is 3.67. The average Bonchev–Trinajstić information content (AvgIpc) is 2.26. The van der Waals surface area contributed by atoms with E-state index in [0.717, 1.165) is 45.1 Å². The van der Waals surface area contributed by atoms with E-state index in [0.29, 0.717) is 6.42 Å². The van der Waals surface area contributed by atoms with E-state index in [1.54, 1.807) is 0 Å². The van der Waals surface area contributed by atoms with Crippen molar-refractivity contribution < 1.29 is 8.78 Å². The van der Waals surface area contributed by atoms with Crippen LogP contribution in [0.4, 0.5) is 8.78 Å². The SMILES string of the molecule is FC(F)(C1CCC1)C1CCCCCN1. The van der Waals surface area contributed by atoms with Crippen LogP contribution in [0.15, 0.2) is 0 Å². The number of hydrogen-bond donors (Lipinski definition) is 1. The van der Waals surface area contributed by atoms with Gasteiger partial charge in [0.25, 0.3) is 5.92 Å². The molecule has 2 rings (SSSR count). The smallest absolute Gasteiger partial charge is 0.265 e. The lowest BCUT2D eigenvalue weighted by atomic mass is 9.77. The third kappa shape index (κ3) is 1.92. The second kappa shape index (κ2) is 4.13. The molecule has 1 saturated heterocycles. The summed E-state index contributed by atoms with van der Waals surface area (Å²) < 4.78 is 27.7. The summed E-state index contributed by atoms with van der Waals surface area (Å²) in [5.74, 6) is -2.79. The molecule has 0 radical (unpaired) electrons. The molecule has 1 unspecified atom stereocenters. The fourth-order valence-electron chi connectivity index (χ4n) is 2.43. The normalized spacial score (nSPS) is 30.9. The number of hydrogen-bond acceptors (Lipinski definition) is 1. The van der Waals surface area contributed by atoms with E-state index in [1.165, 1.54) is 0 Å². The molecule has 1 N–H and O–H groups in total. The van der Waals surface area contributed by atoms with Gasteiger partial charge in [0.05, 0.1) is 6.04 Å². The van der Waals surface area contributed by atoms with Gasteiger partial charge in [-0.25, -0.2) is 8.78 Å². The van der Waals surface area contributed by atoms with E-state index in [-0.39, 0.29) is 5.92 Å². The van der Waals surface area contributed by atoms with Crippen LogP contribution in [-0.2, 0) is 0 Å². The molecular formula is C11H19F2N. The zero-order valence-electron chi connectivity index (χ0n) is 8.57. The average molecular weight is 203 g/mol. The molecule has 1 aliphatic heterocycles. The van der Waals surface area contributed by atoms with E-state index in [4.69, 9.17) is 0 Å². The Morgan fingerprint density at radius 1 is 0.929 bits per heavy atom. The Labute approximate surface area is 84.3 Å². The summed E-state index contributed by atoms with van der Waals surface area (Å²) in [5, 5.41) is 3.02. The standard InChI is InChI=1S/C11H19F2N/c12-11(13,9-5-4-6-9)10-7-2-1-3-8-14-10/h9-10,14H,1-8H2. The molecule has 14 heavy (non-hydrogen) atoms. The summed E-state index contributed by atoms with van der Waals surface area (Å²) in [7, 11) is 0. The quantitative estimate of drug-likeness (QED) is 0.727. The van der Waals surface area contributed by atoms with Gasteiger partial charge in [-0.2, -0.15) is 0 Å². The molecule has 2 fully saturated rings. The highest BCUT2D eigenvalue weighted by atomic mass is 19.3. The first-order chi connectivity index (χ1) is 6.71.